The molecule has 1 rings (SSSR count). The first kappa shape index (κ1) is 13.8. The zero-order valence-electron chi connectivity index (χ0n) is 11.6. The van der Waals surface area contributed by atoms with Crippen LogP contribution in [0, 0.1) is 12.3 Å². The zero-order chi connectivity index (χ0) is 13.1. The summed E-state index contributed by atoms with van der Waals surface area (Å²) in [7, 11) is 1.84. The van der Waals surface area contributed by atoms with Crippen LogP contribution in [-0.4, -0.2) is 13.0 Å². The van der Waals surface area contributed by atoms with E-state index in [0.717, 1.165) is 12.1 Å². The standard InChI is InChI=1S/C15H23NO/c1-12-6-8-13(9-7-12)16(5)14(17)10-11-15(2,3)4/h6-9H,10-11H2,1-5H3. The molecule has 1 aromatic carbocycles. The number of anilines is 1. The van der Waals surface area contributed by atoms with Gasteiger partial charge in [-0.15, -0.1) is 0 Å². The summed E-state index contributed by atoms with van der Waals surface area (Å²) in [6.07, 6.45) is 1.52. The van der Waals surface area contributed by atoms with Crippen molar-refractivity contribution in [1.29, 1.82) is 0 Å². The Kier molecular flexibility index (Phi) is 4.33. The van der Waals surface area contributed by atoms with E-state index in [0.29, 0.717) is 6.42 Å². The predicted octanol–water partition coefficient (Wildman–Crippen LogP) is 3.78. The second kappa shape index (κ2) is 5.35. The van der Waals surface area contributed by atoms with E-state index in [1.54, 1.807) is 4.90 Å². The third-order valence-corrected chi connectivity index (χ3v) is 2.88. The minimum atomic E-state index is 0.184. The maximum atomic E-state index is 12.0. The van der Waals surface area contributed by atoms with Crippen molar-refractivity contribution in [3.05, 3.63) is 29.8 Å². The fourth-order valence-corrected chi connectivity index (χ4v) is 1.56. The summed E-state index contributed by atoms with van der Waals surface area (Å²) >= 11 is 0. The number of carbonyl (C=O) groups excluding carboxylic acids is 1. The van der Waals surface area contributed by atoms with Crippen molar-refractivity contribution in [1.82, 2.24) is 0 Å². The Hall–Kier alpha value is -1.31. The molecule has 0 fully saturated rings. The van der Waals surface area contributed by atoms with Gasteiger partial charge in [0.1, 0.15) is 0 Å². The van der Waals surface area contributed by atoms with Crippen LogP contribution in [0.3, 0.4) is 0 Å². The highest BCUT2D eigenvalue weighted by Gasteiger charge is 2.16. The summed E-state index contributed by atoms with van der Waals surface area (Å²) in [4.78, 5) is 13.7. The van der Waals surface area contributed by atoms with Crippen molar-refractivity contribution in [2.45, 2.75) is 40.5 Å². The Morgan fingerprint density at radius 1 is 1.18 bits per heavy atom. The molecule has 17 heavy (non-hydrogen) atoms. The minimum Gasteiger partial charge on any atom is -0.316 e. The van der Waals surface area contributed by atoms with Gasteiger partial charge >= 0.3 is 0 Å². The highest BCUT2D eigenvalue weighted by atomic mass is 16.2. The van der Waals surface area contributed by atoms with Gasteiger partial charge in [-0.25, -0.2) is 0 Å². The van der Waals surface area contributed by atoms with Crippen molar-refractivity contribution in [2.24, 2.45) is 5.41 Å². The quantitative estimate of drug-likeness (QED) is 0.778. The molecule has 0 aliphatic carbocycles. The molecule has 94 valence electrons. The third-order valence-electron chi connectivity index (χ3n) is 2.88. The number of hydrogen-bond donors (Lipinski definition) is 0. The van der Waals surface area contributed by atoms with Gasteiger partial charge in [0.15, 0.2) is 0 Å². The molecule has 0 N–H and O–H groups in total. The molecule has 0 atom stereocenters. The van der Waals surface area contributed by atoms with Crippen molar-refractivity contribution in [2.75, 3.05) is 11.9 Å². The summed E-state index contributed by atoms with van der Waals surface area (Å²) in [5.74, 6) is 0.184. The van der Waals surface area contributed by atoms with Crippen LogP contribution in [0.2, 0.25) is 0 Å². The number of benzene rings is 1. The molecule has 0 aliphatic heterocycles. The van der Waals surface area contributed by atoms with Crippen LogP contribution in [0.4, 0.5) is 5.69 Å². The molecule has 0 saturated heterocycles. The van der Waals surface area contributed by atoms with E-state index in [1.807, 2.05) is 38.2 Å². The molecular formula is C15H23NO. The topological polar surface area (TPSA) is 20.3 Å². The number of hydrogen-bond acceptors (Lipinski definition) is 1. The molecule has 0 heterocycles. The van der Waals surface area contributed by atoms with Crippen LogP contribution in [0.15, 0.2) is 24.3 Å². The molecule has 2 heteroatoms. The number of amides is 1. The van der Waals surface area contributed by atoms with Gasteiger partial charge in [0.25, 0.3) is 0 Å². The SMILES string of the molecule is Cc1ccc(N(C)C(=O)CCC(C)(C)C)cc1. The molecule has 2 nitrogen and oxygen atoms in total. The van der Waals surface area contributed by atoms with Crippen molar-refractivity contribution < 1.29 is 4.79 Å². The Morgan fingerprint density at radius 2 is 1.71 bits per heavy atom. The van der Waals surface area contributed by atoms with Crippen molar-refractivity contribution in [3.63, 3.8) is 0 Å². The summed E-state index contributed by atoms with van der Waals surface area (Å²) in [5.41, 5.74) is 2.39. The maximum absolute atomic E-state index is 12.0. The van der Waals surface area contributed by atoms with E-state index in [9.17, 15) is 4.79 Å². The number of carbonyl (C=O) groups is 1. The number of nitrogens with zero attached hydrogens (tertiary/aromatic N) is 1. The van der Waals surface area contributed by atoms with Crippen molar-refractivity contribution in [3.8, 4) is 0 Å². The molecule has 0 bridgehead atoms. The third kappa shape index (κ3) is 4.59. The van der Waals surface area contributed by atoms with E-state index in [2.05, 4.69) is 20.8 Å². The van der Waals surface area contributed by atoms with Gasteiger partial charge < -0.3 is 4.90 Å². The Bertz CT molecular complexity index is 373. The van der Waals surface area contributed by atoms with E-state index in [4.69, 9.17) is 0 Å². The van der Waals surface area contributed by atoms with Gasteiger partial charge in [0.2, 0.25) is 5.91 Å². The first-order chi connectivity index (χ1) is 7.79. The Balaban J connectivity index is 2.61. The molecule has 1 amide bonds. The highest BCUT2D eigenvalue weighted by molar-refractivity contribution is 5.92. The molecule has 1 aromatic rings. The molecule has 0 aliphatic rings. The Labute approximate surface area is 105 Å². The van der Waals surface area contributed by atoms with Gasteiger partial charge in [-0.05, 0) is 30.9 Å². The van der Waals surface area contributed by atoms with E-state index < -0.39 is 0 Å². The number of aryl methyl sites for hydroxylation is 1. The van der Waals surface area contributed by atoms with Gasteiger partial charge in [-0.1, -0.05) is 38.5 Å². The van der Waals surface area contributed by atoms with E-state index >= 15 is 0 Å². The lowest BCUT2D eigenvalue weighted by Crippen LogP contribution is -2.27. The second-order valence-corrected chi connectivity index (χ2v) is 5.85. The fourth-order valence-electron chi connectivity index (χ4n) is 1.56. The maximum Gasteiger partial charge on any atom is 0.226 e. The van der Waals surface area contributed by atoms with Gasteiger partial charge in [-0.2, -0.15) is 0 Å². The molecule has 0 unspecified atom stereocenters. The predicted molar refractivity (Wildman–Crippen MR) is 73.3 cm³/mol. The highest BCUT2D eigenvalue weighted by Crippen LogP contribution is 2.22. The smallest absolute Gasteiger partial charge is 0.226 e. The molecule has 0 radical (unpaired) electrons. The van der Waals surface area contributed by atoms with Gasteiger partial charge in [-0.3, -0.25) is 4.79 Å². The molecule has 0 spiro atoms. The van der Waals surface area contributed by atoms with Gasteiger partial charge in [0, 0.05) is 19.2 Å². The van der Waals surface area contributed by atoms with Crippen LogP contribution in [0.5, 0.6) is 0 Å². The monoisotopic (exact) mass is 233 g/mol. The summed E-state index contributed by atoms with van der Waals surface area (Å²) < 4.78 is 0. The number of rotatable bonds is 3. The molecule has 0 saturated carbocycles. The van der Waals surface area contributed by atoms with Crippen LogP contribution >= 0.6 is 0 Å². The van der Waals surface area contributed by atoms with E-state index in [1.165, 1.54) is 5.56 Å². The minimum absolute atomic E-state index is 0.184. The van der Waals surface area contributed by atoms with Crippen LogP contribution in [0.1, 0.15) is 39.2 Å². The lowest BCUT2D eigenvalue weighted by molar-refractivity contribution is -0.118. The average Bonchev–Trinajstić information content (AvgIpc) is 2.25. The summed E-state index contributed by atoms with van der Waals surface area (Å²) in [6.45, 7) is 8.52. The van der Waals surface area contributed by atoms with E-state index in [-0.39, 0.29) is 11.3 Å². The summed E-state index contributed by atoms with van der Waals surface area (Å²) in [5, 5.41) is 0. The lowest BCUT2D eigenvalue weighted by atomic mass is 9.90. The zero-order valence-corrected chi connectivity index (χ0v) is 11.6. The second-order valence-electron chi connectivity index (χ2n) is 5.85. The first-order valence-electron chi connectivity index (χ1n) is 6.13. The lowest BCUT2D eigenvalue weighted by Gasteiger charge is -2.21. The summed E-state index contributed by atoms with van der Waals surface area (Å²) in [6, 6.07) is 8.04. The van der Waals surface area contributed by atoms with Crippen molar-refractivity contribution >= 4 is 11.6 Å². The average molecular weight is 233 g/mol. The van der Waals surface area contributed by atoms with Crippen LogP contribution in [-0.2, 0) is 4.79 Å². The van der Waals surface area contributed by atoms with Gasteiger partial charge in [0.05, 0.1) is 0 Å². The van der Waals surface area contributed by atoms with Crippen LogP contribution in [0.25, 0.3) is 0 Å². The largest absolute Gasteiger partial charge is 0.316 e. The first-order valence-corrected chi connectivity index (χ1v) is 6.13. The molecule has 0 aromatic heterocycles. The fraction of sp³-hybridized carbons (Fsp3) is 0.533. The molecular weight excluding hydrogens is 210 g/mol. The Morgan fingerprint density at radius 3 is 2.18 bits per heavy atom. The van der Waals surface area contributed by atoms with Crippen LogP contribution < -0.4 is 4.90 Å². The normalized spacial score (nSPS) is 11.4.